The summed E-state index contributed by atoms with van der Waals surface area (Å²) < 4.78 is 5.44. The highest BCUT2D eigenvalue weighted by atomic mass is 16.5. The number of carboxylic acids is 1. The van der Waals surface area contributed by atoms with Crippen LogP contribution < -0.4 is 5.32 Å². The molecular weight excluding hydrogens is 206 g/mol. The summed E-state index contributed by atoms with van der Waals surface area (Å²) in [6, 6.07) is 0. The summed E-state index contributed by atoms with van der Waals surface area (Å²) in [7, 11) is 1.68. The number of hydrogen-bond acceptors (Lipinski definition) is 3. The van der Waals surface area contributed by atoms with Gasteiger partial charge in [-0.2, -0.15) is 0 Å². The van der Waals surface area contributed by atoms with Gasteiger partial charge in [-0.1, -0.05) is 13.8 Å². The van der Waals surface area contributed by atoms with Gasteiger partial charge in [-0.25, -0.2) is 0 Å². The van der Waals surface area contributed by atoms with E-state index >= 15 is 0 Å². The second-order valence-corrected chi connectivity index (χ2v) is 4.81. The zero-order valence-corrected chi connectivity index (χ0v) is 10.9. The number of carbonyl (C=O) groups is 1. The molecule has 0 rings (SSSR count). The molecule has 0 aliphatic rings. The molecule has 0 fully saturated rings. The van der Waals surface area contributed by atoms with Crippen molar-refractivity contribution < 1.29 is 14.6 Å². The first-order valence-corrected chi connectivity index (χ1v) is 5.92. The van der Waals surface area contributed by atoms with Crippen molar-refractivity contribution in [1.29, 1.82) is 0 Å². The third kappa shape index (κ3) is 6.08. The third-order valence-corrected chi connectivity index (χ3v) is 2.69. The van der Waals surface area contributed by atoms with Crippen molar-refractivity contribution in [3.63, 3.8) is 0 Å². The maximum Gasteiger partial charge on any atom is 0.323 e. The molecular formula is C12H25NO3. The average Bonchev–Trinajstić information content (AvgIpc) is 2.22. The Labute approximate surface area is 98.4 Å². The van der Waals surface area contributed by atoms with Gasteiger partial charge in [0.1, 0.15) is 5.54 Å². The van der Waals surface area contributed by atoms with Gasteiger partial charge in [0.15, 0.2) is 0 Å². The van der Waals surface area contributed by atoms with E-state index in [0.717, 1.165) is 26.1 Å². The number of ether oxygens (including phenoxy) is 1. The van der Waals surface area contributed by atoms with Crippen LogP contribution in [0.5, 0.6) is 0 Å². The molecule has 4 nitrogen and oxygen atoms in total. The fourth-order valence-corrected chi connectivity index (χ4v) is 1.34. The Morgan fingerprint density at radius 1 is 1.44 bits per heavy atom. The molecule has 1 unspecified atom stereocenters. The molecule has 0 heterocycles. The lowest BCUT2D eigenvalue weighted by Gasteiger charge is -2.23. The third-order valence-electron chi connectivity index (χ3n) is 2.69. The number of likely N-dealkylation sites (N-methyl/N-ethyl adjacent to an activating group) is 1. The quantitative estimate of drug-likeness (QED) is 0.595. The molecule has 96 valence electrons. The topological polar surface area (TPSA) is 58.6 Å². The summed E-state index contributed by atoms with van der Waals surface area (Å²) in [5.74, 6) is -0.236. The molecule has 0 spiro atoms. The van der Waals surface area contributed by atoms with Crippen LogP contribution in [0, 0.1) is 5.92 Å². The van der Waals surface area contributed by atoms with E-state index in [1.807, 2.05) is 0 Å². The minimum atomic E-state index is -0.807. The smallest absolute Gasteiger partial charge is 0.323 e. The molecule has 0 radical (unpaired) electrons. The van der Waals surface area contributed by atoms with E-state index in [0.29, 0.717) is 12.3 Å². The van der Waals surface area contributed by atoms with Crippen molar-refractivity contribution in [2.75, 3.05) is 20.3 Å². The van der Waals surface area contributed by atoms with Crippen LogP contribution in [0.4, 0.5) is 0 Å². The van der Waals surface area contributed by atoms with Crippen molar-refractivity contribution in [3.05, 3.63) is 0 Å². The first kappa shape index (κ1) is 15.4. The van der Waals surface area contributed by atoms with E-state index in [1.165, 1.54) is 0 Å². The molecule has 16 heavy (non-hydrogen) atoms. The van der Waals surface area contributed by atoms with E-state index in [9.17, 15) is 4.79 Å². The van der Waals surface area contributed by atoms with Crippen LogP contribution in [-0.4, -0.2) is 36.9 Å². The van der Waals surface area contributed by atoms with Gasteiger partial charge in [0, 0.05) is 13.2 Å². The molecule has 0 saturated heterocycles. The zero-order chi connectivity index (χ0) is 12.6. The van der Waals surface area contributed by atoms with Gasteiger partial charge in [-0.3, -0.25) is 4.79 Å². The summed E-state index contributed by atoms with van der Waals surface area (Å²) in [6.07, 6.45) is 2.41. The molecule has 1 atom stereocenters. The molecule has 0 amide bonds. The first-order valence-electron chi connectivity index (χ1n) is 5.92. The number of nitrogens with one attached hydrogen (secondary N) is 1. The summed E-state index contributed by atoms with van der Waals surface area (Å²) in [5.41, 5.74) is -0.807. The molecule has 4 heteroatoms. The van der Waals surface area contributed by atoms with Gasteiger partial charge in [-0.05, 0) is 39.2 Å². The van der Waals surface area contributed by atoms with E-state index < -0.39 is 11.5 Å². The minimum Gasteiger partial charge on any atom is -0.480 e. The number of hydrogen-bond donors (Lipinski definition) is 2. The SMILES string of the molecule is CNC(C)(CCCCOCC(C)C)C(=O)O. The van der Waals surface area contributed by atoms with Crippen LogP contribution >= 0.6 is 0 Å². The lowest BCUT2D eigenvalue weighted by molar-refractivity contribution is -0.144. The Morgan fingerprint density at radius 3 is 2.50 bits per heavy atom. The summed E-state index contributed by atoms with van der Waals surface area (Å²) >= 11 is 0. The van der Waals surface area contributed by atoms with Crippen LogP contribution in [0.2, 0.25) is 0 Å². The van der Waals surface area contributed by atoms with Gasteiger partial charge >= 0.3 is 5.97 Å². The van der Waals surface area contributed by atoms with Gasteiger partial charge in [0.2, 0.25) is 0 Å². The molecule has 0 bridgehead atoms. The zero-order valence-electron chi connectivity index (χ0n) is 10.9. The standard InChI is InChI=1S/C12H25NO3/c1-10(2)9-16-8-6-5-7-12(3,13-4)11(14)15/h10,13H,5-9H2,1-4H3,(H,14,15). The maximum absolute atomic E-state index is 11.0. The Balaban J connectivity index is 3.61. The lowest BCUT2D eigenvalue weighted by Crippen LogP contribution is -2.47. The van der Waals surface area contributed by atoms with Crippen molar-refractivity contribution in [1.82, 2.24) is 5.32 Å². The first-order chi connectivity index (χ1) is 7.42. The molecule has 0 saturated carbocycles. The van der Waals surface area contributed by atoms with E-state index in [4.69, 9.17) is 9.84 Å². The van der Waals surface area contributed by atoms with E-state index in [1.54, 1.807) is 14.0 Å². The highest BCUT2D eigenvalue weighted by molar-refractivity contribution is 5.78. The summed E-state index contributed by atoms with van der Waals surface area (Å²) in [4.78, 5) is 11.0. The minimum absolute atomic E-state index is 0.557. The molecule has 0 aliphatic carbocycles. The van der Waals surface area contributed by atoms with E-state index in [2.05, 4.69) is 19.2 Å². The van der Waals surface area contributed by atoms with Crippen molar-refractivity contribution in [2.45, 2.75) is 45.6 Å². The van der Waals surface area contributed by atoms with Crippen LogP contribution in [0.1, 0.15) is 40.0 Å². The second-order valence-electron chi connectivity index (χ2n) is 4.81. The highest BCUT2D eigenvalue weighted by Crippen LogP contribution is 2.13. The van der Waals surface area contributed by atoms with Gasteiger partial charge in [0.25, 0.3) is 0 Å². The lowest BCUT2D eigenvalue weighted by atomic mass is 9.95. The Kier molecular flexibility index (Phi) is 7.34. The Hall–Kier alpha value is -0.610. The summed E-state index contributed by atoms with van der Waals surface area (Å²) in [5, 5.41) is 11.9. The second kappa shape index (κ2) is 7.63. The highest BCUT2D eigenvalue weighted by Gasteiger charge is 2.29. The van der Waals surface area contributed by atoms with Crippen molar-refractivity contribution in [3.8, 4) is 0 Å². The maximum atomic E-state index is 11.0. The van der Waals surface area contributed by atoms with E-state index in [-0.39, 0.29) is 0 Å². The van der Waals surface area contributed by atoms with Crippen LogP contribution in [-0.2, 0) is 9.53 Å². The molecule has 2 N–H and O–H groups in total. The Bertz CT molecular complexity index is 206. The molecule has 0 aromatic carbocycles. The largest absolute Gasteiger partial charge is 0.480 e. The average molecular weight is 231 g/mol. The van der Waals surface area contributed by atoms with Gasteiger partial charge in [-0.15, -0.1) is 0 Å². The van der Waals surface area contributed by atoms with Crippen LogP contribution in [0.15, 0.2) is 0 Å². The summed E-state index contributed by atoms with van der Waals surface area (Å²) in [6.45, 7) is 7.44. The number of aliphatic carboxylic acids is 1. The van der Waals surface area contributed by atoms with Crippen molar-refractivity contribution in [2.24, 2.45) is 5.92 Å². The number of rotatable bonds is 9. The predicted molar refractivity (Wildman–Crippen MR) is 64.6 cm³/mol. The van der Waals surface area contributed by atoms with Gasteiger partial charge < -0.3 is 15.2 Å². The van der Waals surface area contributed by atoms with Crippen LogP contribution in [0.3, 0.4) is 0 Å². The fourth-order valence-electron chi connectivity index (χ4n) is 1.34. The Morgan fingerprint density at radius 2 is 2.06 bits per heavy atom. The fraction of sp³-hybridized carbons (Fsp3) is 0.917. The molecule has 0 aliphatic heterocycles. The predicted octanol–water partition coefficient (Wildman–Crippen LogP) is 1.89. The molecule has 0 aromatic rings. The van der Waals surface area contributed by atoms with Crippen LogP contribution in [0.25, 0.3) is 0 Å². The molecule has 0 aromatic heterocycles. The van der Waals surface area contributed by atoms with Crippen molar-refractivity contribution >= 4 is 5.97 Å². The normalized spacial score (nSPS) is 15.1. The van der Waals surface area contributed by atoms with Gasteiger partial charge in [0.05, 0.1) is 0 Å². The monoisotopic (exact) mass is 231 g/mol. The number of carboxylic acid groups (broad SMARTS) is 1. The number of unbranched alkanes of at least 4 members (excludes halogenated alkanes) is 1.